The summed E-state index contributed by atoms with van der Waals surface area (Å²) in [6.07, 6.45) is 4.37. The number of likely N-dealkylation sites (tertiary alicyclic amines) is 1. The highest BCUT2D eigenvalue weighted by Crippen LogP contribution is 2.25. The van der Waals surface area contributed by atoms with Gasteiger partial charge in [0.05, 0.1) is 6.54 Å². The molecule has 2 aliphatic heterocycles. The van der Waals surface area contributed by atoms with Crippen LogP contribution in [0.3, 0.4) is 0 Å². The third-order valence-corrected chi connectivity index (χ3v) is 8.70. The summed E-state index contributed by atoms with van der Waals surface area (Å²) in [5.74, 6) is 0.384. The Balaban J connectivity index is 1.35. The number of amides is 1. The summed E-state index contributed by atoms with van der Waals surface area (Å²) < 4.78 is 32.5. The number of aryl methyl sites for hydroxylation is 2. The van der Waals surface area contributed by atoms with Crippen molar-refractivity contribution >= 4 is 15.9 Å². The van der Waals surface area contributed by atoms with E-state index in [1.54, 1.807) is 18.7 Å². The number of benzene rings is 1. The Bertz CT molecular complexity index is 1010. The lowest BCUT2D eigenvalue weighted by Crippen LogP contribution is -2.54. The van der Waals surface area contributed by atoms with Crippen LogP contribution in [0.25, 0.3) is 0 Å². The fourth-order valence-electron chi connectivity index (χ4n) is 4.81. The number of aromatic nitrogens is 1. The van der Waals surface area contributed by atoms with Crippen molar-refractivity contribution in [1.29, 1.82) is 0 Å². The zero-order valence-corrected chi connectivity index (χ0v) is 19.7. The van der Waals surface area contributed by atoms with Crippen molar-refractivity contribution in [3.05, 3.63) is 47.3 Å². The monoisotopic (exact) mass is 460 g/mol. The lowest BCUT2D eigenvalue weighted by atomic mass is 9.95. The van der Waals surface area contributed by atoms with E-state index in [-0.39, 0.29) is 23.9 Å². The van der Waals surface area contributed by atoms with Crippen LogP contribution in [0, 0.1) is 13.8 Å². The standard InChI is InChI=1S/C23H32N4O4S/c1-18-23(19(2)31-24-18)32(29,30)27-14-12-25(13-15-27)22(28)17-26-11-7-6-10-21(26)16-20-8-4-3-5-9-20/h3-5,8-9,21H,6-7,10-17H2,1-2H3. The van der Waals surface area contributed by atoms with Gasteiger partial charge in [0.25, 0.3) is 0 Å². The van der Waals surface area contributed by atoms with Crippen LogP contribution in [0.5, 0.6) is 0 Å². The van der Waals surface area contributed by atoms with Crippen molar-refractivity contribution in [1.82, 2.24) is 19.3 Å². The Hall–Kier alpha value is -2.23. The van der Waals surface area contributed by atoms with E-state index in [1.807, 2.05) is 6.07 Å². The van der Waals surface area contributed by atoms with Crippen LogP contribution in [-0.4, -0.2) is 78.9 Å². The van der Waals surface area contributed by atoms with Crippen LogP contribution in [-0.2, 0) is 21.2 Å². The van der Waals surface area contributed by atoms with E-state index in [0.29, 0.717) is 37.1 Å². The van der Waals surface area contributed by atoms with Gasteiger partial charge in [-0.3, -0.25) is 9.69 Å². The third kappa shape index (κ3) is 4.89. The molecule has 3 heterocycles. The summed E-state index contributed by atoms with van der Waals surface area (Å²) in [7, 11) is -3.67. The number of nitrogens with zero attached hydrogens (tertiary/aromatic N) is 4. The van der Waals surface area contributed by atoms with Gasteiger partial charge in [-0.05, 0) is 45.2 Å². The molecule has 0 bridgehead atoms. The molecule has 2 fully saturated rings. The first-order valence-corrected chi connectivity index (χ1v) is 12.8. The lowest BCUT2D eigenvalue weighted by molar-refractivity contribution is -0.134. The lowest BCUT2D eigenvalue weighted by Gasteiger charge is -2.38. The van der Waals surface area contributed by atoms with Crippen molar-refractivity contribution in [3.8, 4) is 0 Å². The van der Waals surface area contributed by atoms with Gasteiger partial charge in [0.15, 0.2) is 5.76 Å². The second-order valence-electron chi connectivity index (χ2n) is 8.75. The molecule has 32 heavy (non-hydrogen) atoms. The van der Waals surface area contributed by atoms with Gasteiger partial charge >= 0.3 is 0 Å². The number of piperazine rings is 1. The molecular formula is C23H32N4O4S. The van der Waals surface area contributed by atoms with Gasteiger partial charge in [0, 0.05) is 32.2 Å². The van der Waals surface area contributed by atoms with E-state index < -0.39 is 10.0 Å². The Morgan fingerprint density at radius 2 is 1.78 bits per heavy atom. The topological polar surface area (TPSA) is 87.0 Å². The number of hydrogen-bond donors (Lipinski definition) is 0. The molecule has 0 spiro atoms. The highest BCUT2D eigenvalue weighted by atomic mass is 32.2. The molecule has 8 nitrogen and oxygen atoms in total. The van der Waals surface area contributed by atoms with Crippen molar-refractivity contribution in [2.75, 3.05) is 39.3 Å². The number of carbonyl (C=O) groups excluding carboxylic acids is 1. The summed E-state index contributed by atoms with van der Waals surface area (Å²) in [4.78, 5) is 17.3. The molecule has 174 valence electrons. The summed E-state index contributed by atoms with van der Waals surface area (Å²) >= 11 is 0. The molecule has 1 amide bonds. The second kappa shape index (κ2) is 9.72. The third-order valence-electron chi connectivity index (χ3n) is 6.56. The summed E-state index contributed by atoms with van der Waals surface area (Å²) in [5.41, 5.74) is 1.67. The van der Waals surface area contributed by atoms with Gasteiger partial charge in [-0.15, -0.1) is 0 Å². The molecule has 2 aromatic rings. The molecule has 1 aromatic carbocycles. The summed E-state index contributed by atoms with van der Waals surface area (Å²) in [5, 5.41) is 3.77. The predicted octanol–water partition coefficient (Wildman–Crippen LogP) is 2.22. The van der Waals surface area contributed by atoms with E-state index in [1.165, 1.54) is 16.3 Å². The molecule has 2 saturated heterocycles. The molecule has 1 aromatic heterocycles. The Morgan fingerprint density at radius 3 is 2.44 bits per heavy atom. The predicted molar refractivity (Wildman–Crippen MR) is 121 cm³/mol. The number of sulfonamides is 1. The van der Waals surface area contributed by atoms with Crippen LogP contribution >= 0.6 is 0 Å². The minimum Gasteiger partial charge on any atom is -0.360 e. The minimum absolute atomic E-state index is 0.0827. The molecule has 1 unspecified atom stereocenters. The van der Waals surface area contributed by atoms with E-state index in [9.17, 15) is 13.2 Å². The average Bonchev–Trinajstić information content (AvgIpc) is 3.14. The Morgan fingerprint density at radius 1 is 1.06 bits per heavy atom. The highest BCUT2D eigenvalue weighted by molar-refractivity contribution is 7.89. The van der Waals surface area contributed by atoms with Crippen molar-refractivity contribution in [2.24, 2.45) is 0 Å². The van der Waals surface area contributed by atoms with Crippen LogP contribution in [0.2, 0.25) is 0 Å². The zero-order chi connectivity index (χ0) is 22.7. The first-order chi connectivity index (χ1) is 15.4. The zero-order valence-electron chi connectivity index (χ0n) is 18.9. The maximum absolute atomic E-state index is 13.0. The van der Waals surface area contributed by atoms with Crippen molar-refractivity contribution in [2.45, 2.75) is 50.5 Å². The number of carbonyl (C=O) groups is 1. The fourth-order valence-corrected chi connectivity index (χ4v) is 6.52. The van der Waals surface area contributed by atoms with Gasteiger partial charge in [-0.1, -0.05) is 41.9 Å². The molecule has 0 aliphatic carbocycles. The van der Waals surface area contributed by atoms with Crippen molar-refractivity contribution < 1.29 is 17.7 Å². The Kier molecular flexibility index (Phi) is 6.97. The largest absolute Gasteiger partial charge is 0.360 e. The number of piperidine rings is 1. The SMILES string of the molecule is Cc1noc(C)c1S(=O)(=O)N1CCN(C(=O)CN2CCCCC2Cc2ccccc2)CC1. The minimum atomic E-state index is -3.67. The van der Waals surface area contributed by atoms with Crippen LogP contribution in [0.1, 0.15) is 36.3 Å². The molecular weight excluding hydrogens is 428 g/mol. The number of rotatable bonds is 6. The first kappa shape index (κ1) is 22.9. The van der Waals surface area contributed by atoms with Crippen LogP contribution < -0.4 is 0 Å². The highest BCUT2D eigenvalue weighted by Gasteiger charge is 2.35. The molecule has 0 N–H and O–H groups in total. The van der Waals surface area contributed by atoms with Gasteiger partial charge in [0.2, 0.25) is 15.9 Å². The fraction of sp³-hybridized carbons (Fsp3) is 0.565. The molecule has 4 rings (SSSR count). The van der Waals surface area contributed by atoms with Gasteiger partial charge < -0.3 is 9.42 Å². The number of hydrogen-bond acceptors (Lipinski definition) is 6. The maximum atomic E-state index is 13.0. The van der Waals surface area contributed by atoms with Gasteiger partial charge in [-0.2, -0.15) is 4.31 Å². The molecule has 2 aliphatic rings. The smallest absolute Gasteiger partial charge is 0.248 e. The summed E-state index contributed by atoms with van der Waals surface area (Å²) in [6, 6.07) is 10.8. The van der Waals surface area contributed by atoms with E-state index >= 15 is 0 Å². The van der Waals surface area contributed by atoms with Crippen molar-refractivity contribution in [3.63, 3.8) is 0 Å². The average molecular weight is 461 g/mol. The maximum Gasteiger partial charge on any atom is 0.248 e. The normalized spacial score (nSPS) is 21.1. The van der Waals surface area contributed by atoms with E-state index in [0.717, 1.165) is 25.8 Å². The van der Waals surface area contributed by atoms with Gasteiger partial charge in [0.1, 0.15) is 10.6 Å². The molecule has 9 heteroatoms. The quantitative estimate of drug-likeness (QED) is 0.657. The molecule has 0 radical (unpaired) electrons. The van der Waals surface area contributed by atoms with Crippen LogP contribution in [0.15, 0.2) is 39.8 Å². The first-order valence-electron chi connectivity index (χ1n) is 11.3. The van der Waals surface area contributed by atoms with Crippen LogP contribution in [0.4, 0.5) is 0 Å². The van der Waals surface area contributed by atoms with Gasteiger partial charge in [-0.25, -0.2) is 8.42 Å². The van der Waals surface area contributed by atoms with E-state index in [4.69, 9.17) is 4.52 Å². The molecule has 1 atom stereocenters. The Labute approximate surface area is 190 Å². The summed E-state index contributed by atoms with van der Waals surface area (Å²) in [6.45, 7) is 5.94. The second-order valence-corrected chi connectivity index (χ2v) is 10.6. The molecule has 0 saturated carbocycles. The van der Waals surface area contributed by atoms with E-state index in [2.05, 4.69) is 34.3 Å².